The molecule has 1 aromatic carbocycles. The molecule has 1 aliphatic rings. The van der Waals surface area contributed by atoms with Crippen molar-refractivity contribution in [3.63, 3.8) is 0 Å². The molecule has 1 unspecified atom stereocenters. The van der Waals surface area contributed by atoms with E-state index in [1.165, 1.54) is 11.1 Å². The molecular weight excluding hydrogens is 224 g/mol. The zero-order valence-electron chi connectivity index (χ0n) is 10.4. The minimum absolute atomic E-state index is 0.447. The Labute approximate surface area is 107 Å². The molecule has 1 heterocycles. The lowest BCUT2D eigenvalue weighted by atomic mass is 9.83. The highest BCUT2D eigenvalue weighted by molar-refractivity contribution is 5.31. The van der Waals surface area contributed by atoms with Gasteiger partial charge in [-0.1, -0.05) is 24.3 Å². The van der Waals surface area contributed by atoms with Crippen molar-refractivity contribution in [2.24, 2.45) is 5.73 Å². The van der Waals surface area contributed by atoms with Crippen LogP contribution >= 0.6 is 0 Å². The molecule has 0 radical (unpaired) electrons. The number of H-pyrrole nitrogens is 1. The number of hydrogen-bond acceptors (Lipinski definition) is 3. The number of aryl methyl sites for hydroxylation is 1. The van der Waals surface area contributed by atoms with E-state index < -0.39 is 0 Å². The Kier molecular flexibility index (Phi) is 3.11. The number of fused-ring (bicyclic) bond motifs is 1. The van der Waals surface area contributed by atoms with Crippen LogP contribution in [-0.2, 0) is 19.3 Å². The van der Waals surface area contributed by atoms with Gasteiger partial charge in [0, 0.05) is 12.3 Å². The van der Waals surface area contributed by atoms with Crippen LogP contribution in [0.4, 0.5) is 0 Å². The van der Waals surface area contributed by atoms with Crippen LogP contribution in [0.2, 0.25) is 0 Å². The predicted octanol–water partition coefficient (Wildman–Crippen LogP) is 1.58. The molecule has 0 amide bonds. The fraction of sp³-hybridized carbons (Fsp3) is 0.429. The van der Waals surface area contributed by atoms with E-state index >= 15 is 0 Å². The fourth-order valence-electron chi connectivity index (χ4n) is 2.66. The highest BCUT2D eigenvalue weighted by atomic mass is 15.2. The third kappa shape index (κ3) is 2.16. The Morgan fingerprint density at radius 3 is 2.94 bits per heavy atom. The predicted molar refractivity (Wildman–Crippen MR) is 70.3 cm³/mol. The SMILES string of the molecule is NCCc1nc(C2CCc3ccccc3C2)n[nH]1. The number of aromatic nitrogens is 3. The lowest BCUT2D eigenvalue weighted by Gasteiger charge is -2.22. The lowest BCUT2D eigenvalue weighted by Crippen LogP contribution is -2.14. The Balaban J connectivity index is 1.78. The van der Waals surface area contributed by atoms with Gasteiger partial charge in [-0.05, 0) is 36.9 Å². The van der Waals surface area contributed by atoms with Crippen molar-refractivity contribution < 1.29 is 0 Å². The zero-order valence-corrected chi connectivity index (χ0v) is 10.4. The van der Waals surface area contributed by atoms with Crippen molar-refractivity contribution in [1.29, 1.82) is 0 Å². The van der Waals surface area contributed by atoms with E-state index in [-0.39, 0.29) is 0 Å². The summed E-state index contributed by atoms with van der Waals surface area (Å²) in [4.78, 5) is 4.55. The average Bonchev–Trinajstić information content (AvgIpc) is 2.87. The molecular formula is C14H18N4. The van der Waals surface area contributed by atoms with Crippen molar-refractivity contribution in [3.8, 4) is 0 Å². The van der Waals surface area contributed by atoms with Crippen LogP contribution in [-0.4, -0.2) is 21.7 Å². The van der Waals surface area contributed by atoms with E-state index in [4.69, 9.17) is 5.73 Å². The van der Waals surface area contributed by atoms with Gasteiger partial charge in [-0.25, -0.2) is 4.98 Å². The molecule has 3 rings (SSSR count). The minimum Gasteiger partial charge on any atom is -0.330 e. The summed E-state index contributed by atoms with van der Waals surface area (Å²) >= 11 is 0. The van der Waals surface area contributed by atoms with Crippen LogP contribution in [0, 0.1) is 0 Å². The number of benzene rings is 1. The summed E-state index contributed by atoms with van der Waals surface area (Å²) < 4.78 is 0. The summed E-state index contributed by atoms with van der Waals surface area (Å²) in [6.07, 6.45) is 4.09. The molecule has 0 saturated carbocycles. The number of rotatable bonds is 3. The maximum Gasteiger partial charge on any atom is 0.154 e. The quantitative estimate of drug-likeness (QED) is 0.858. The van der Waals surface area contributed by atoms with Crippen LogP contribution in [0.15, 0.2) is 24.3 Å². The maximum atomic E-state index is 5.52. The Morgan fingerprint density at radius 2 is 2.11 bits per heavy atom. The molecule has 94 valence electrons. The number of hydrogen-bond donors (Lipinski definition) is 2. The van der Waals surface area contributed by atoms with Crippen LogP contribution in [0.5, 0.6) is 0 Å². The zero-order chi connectivity index (χ0) is 12.4. The first-order chi connectivity index (χ1) is 8.86. The number of nitrogens with one attached hydrogen (secondary N) is 1. The fourth-order valence-corrected chi connectivity index (χ4v) is 2.66. The number of nitrogens with two attached hydrogens (primary N) is 1. The van der Waals surface area contributed by atoms with Gasteiger partial charge in [0.15, 0.2) is 5.82 Å². The summed E-state index contributed by atoms with van der Waals surface area (Å²) in [7, 11) is 0. The van der Waals surface area contributed by atoms with Gasteiger partial charge >= 0.3 is 0 Å². The van der Waals surface area contributed by atoms with E-state index in [1.54, 1.807) is 0 Å². The van der Waals surface area contributed by atoms with E-state index in [1.807, 2.05) is 0 Å². The Hall–Kier alpha value is -1.68. The van der Waals surface area contributed by atoms with Crippen molar-refractivity contribution >= 4 is 0 Å². The molecule has 18 heavy (non-hydrogen) atoms. The topological polar surface area (TPSA) is 67.6 Å². The van der Waals surface area contributed by atoms with Crippen LogP contribution in [0.25, 0.3) is 0 Å². The van der Waals surface area contributed by atoms with Crippen molar-refractivity contribution in [2.45, 2.75) is 31.6 Å². The molecule has 0 aliphatic heterocycles. The molecule has 3 N–H and O–H groups in total. The van der Waals surface area contributed by atoms with Gasteiger partial charge in [-0.2, -0.15) is 5.10 Å². The first-order valence-electron chi connectivity index (χ1n) is 6.55. The second-order valence-corrected chi connectivity index (χ2v) is 4.89. The summed E-state index contributed by atoms with van der Waals surface area (Å²) in [5.74, 6) is 2.31. The van der Waals surface area contributed by atoms with Gasteiger partial charge in [0.05, 0.1) is 0 Å². The number of aromatic amines is 1. The molecule has 0 fully saturated rings. The molecule has 2 aromatic rings. The number of nitrogens with zero attached hydrogens (tertiary/aromatic N) is 2. The molecule has 1 aliphatic carbocycles. The minimum atomic E-state index is 0.447. The third-order valence-electron chi connectivity index (χ3n) is 3.64. The van der Waals surface area contributed by atoms with Gasteiger partial charge in [-0.15, -0.1) is 0 Å². The van der Waals surface area contributed by atoms with Gasteiger partial charge in [0.25, 0.3) is 0 Å². The van der Waals surface area contributed by atoms with Gasteiger partial charge < -0.3 is 5.73 Å². The Morgan fingerprint density at radius 1 is 1.28 bits per heavy atom. The first-order valence-corrected chi connectivity index (χ1v) is 6.55. The lowest BCUT2D eigenvalue weighted by molar-refractivity contribution is 0.556. The third-order valence-corrected chi connectivity index (χ3v) is 3.64. The standard InChI is InChI=1S/C14H18N4/c15-8-7-13-16-14(18-17-13)12-6-5-10-3-1-2-4-11(10)9-12/h1-4,12H,5-9,15H2,(H,16,17,18). The molecule has 1 aromatic heterocycles. The highest BCUT2D eigenvalue weighted by Crippen LogP contribution is 2.30. The molecule has 0 bridgehead atoms. The second kappa shape index (κ2) is 4.90. The summed E-state index contributed by atoms with van der Waals surface area (Å²) in [6, 6.07) is 8.67. The molecule has 4 heteroatoms. The van der Waals surface area contributed by atoms with Crippen molar-refractivity contribution in [3.05, 3.63) is 47.0 Å². The van der Waals surface area contributed by atoms with E-state index in [0.717, 1.165) is 37.3 Å². The largest absolute Gasteiger partial charge is 0.330 e. The van der Waals surface area contributed by atoms with Crippen molar-refractivity contribution in [2.75, 3.05) is 6.54 Å². The van der Waals surface area contributed by atoms with Crippen molar-refractivity contribution in [1.82, 2.24) is 15.2 Å². The first kappa shape index (κ1) is 11.4. The molecule has 0 saturated heterocycles. The summed E-state index contributed by atoms with van der Waals surface area (Å²) in [5.41, 5.74) is 8.45. The van der Waals surface area contributed by atoms with E-state index in [0.29, 0.717) is 12.5 Å². The highest BCUT2D eigenvalue weighted by Gasteiger charge is 2.22. The monoisotopic (exact) mass is 242 g/mol. The summed E-state index contributed by atoms with van der Waals surface area (Å²) in [5, 5.41) is 7.33. The average molecular weight is 242 g/mol. The molecule has 4 nitrogen and oxygen atoms in total. The summed E-state index contributed by atoms with van der Waals surface area (Å²) in [6.45, 7) is 0.613. The van der Waals surface area contributed by atoms with E-state index in [9.17, 15) is 0 Å². The van der Waals surface area contributed by atoms with Crippen LogP contribution in [0.3, 0.4) is 0 Å². The van der Waals surface area contributed by atoms with Gasteiger partial charge in [0.2, 0.25) is 0 Å². The maximum absolute atomic E-state index is 5.52. The Bertz CT molecular complexity index is 532. The van der Waals surface area contributed by atoms with Gasteiger partial charge in [0.1, 0.15) is 5.82 Å². The van der Waals surface area contributed by atoms with Gasteiger partial charge in [-0.3, -0.25) is 5.10 Å². The van der Waals surface area contributed by atoms with E-state index in [2.05, 4.69) is 39.4 Å². The van der Waals surface area contributed by atoms with Crippen LogP contribution in [0.1, 0.15) is 35.1 Å². The normalized spacial score (nSPS) is 18.6. The molecule has 0 spiro atoms. The van der Waals surface area contributed by atoms with Crippen LogP contribution < -0.4 is 5.73 Å². The smallest absolute Gasteiger partial charge is 0.154 e. The second-order valence-electron chi connectivity index (χ2n) is 4.89. The molecule has 1 atom stereocenters.